The van der Waals surface area contributed by atoms with Crippen LogP contribution in [0, 0.1) is 0 Å². The number of rotatable bonds is 3. The number of para-hydroxylation sites is 1. The fourth-order valence-corrected chi connectivity index (χ4v) is 1.54. The topological polar surface area (TPSA) is 108 Å². The molecule has 2 aromatic rings. The normalized spacial score (nSPS) is 9.85. The van der Waals surface area contributed by atoms with Gasteiger partial charge < -0.3 is 5.11 Å². The van der Waals surface area contributed by atoms with Crippen LogP contribution in [0.25, 0.3) is 0 Å². The van der Waals surface area contributed by atoms with Crippen LogP contribution in [0.3, 0.4) is 0 Å². The van der Waals surface area contributed by atoms with Crippen molar-refractivity contribution in [3.8, 4) is 0 Å². The summed E-state index contributed by atoms with van der Waals surface area (Å²) < 4.78 is 0. The molecular weight excluding hydrogens is 262 g/mol. The minimum Gasteiger partial charge on any atom is -0.478 e. The first-order valence-electron chi connectivity index (χ1n) is 5.60. The Morgan fingerprint density at radius 1 is 1.25 bits per heavy atom. The van der Waals surface area contributed by atoms with Crippen molar-refractivity contribution in [1.29, 1.82) is 0 Å². The summed E-state index contributed by atoms with van der Waals surface area (Å²) in [4.78, 5) is 28.1. The zero-order valence-electron chi connectivity index (χ0n) is 10.5. The molecule has 0 aliphatic carbocycles. The summed E-state index contributed by atoms with van der Waals surface area (Å²) in [5, 5.41) is 18.7. The van der Waals surface area contributed by atoms with E-state index in [0.29, 0.717) is 0 Å². The van der Waals surface area contributed by atoms with Gasteiger partial charge in [-0.3, -0.25) is 10.2 Å². The molecule has 0 saturated carbocycles. The summed E-state index contributed by atoms with van der Waals surface area (Å²) in [6.45, 7) is 0. The Kier molecular flexibility index (Phi) is 3.85. The van der Waals surface area contributed by atoms with E-state index >= 15 is 0 Å². The van der Waals surface area contributed by atoms with E-state index in [9.17, 15) is 9.59 Å². The molecule has 0 saturated heterocycles. The van der Waals surface area contributed by atoms with Crippen LogP contribution in [-0.4, -0.2) is 39.3 Å². The van der Waals surface area contributed by atoms with E-state index in [1.54, 1.807) is 12.1 Å². The molecule has 2 N–H and O–H groups in total. The summed E-state index contributed by atoms with van der Waals surface area (Å²) in [7, 11) is 1.45. The van der Waals surface area contributed by atoms with Gasteiger partial charge in [0.15, 0.2) is 0 Å². The van der Waals surface area contributed by atoms with Crippen molar-refractivity contribution in [2.24, 2.45) is 0 Å². The van der Waals surface area contributed by atoms with Crippen LogP contribution in [0.15, 0.2) is 36.7 Å². The maximum Gasteiger partial charge on any atom is 0.337 e. The van der Waals surface area contributed by atoms with Crippen molar-refractivity contribution in [1.82, 2.24) is 15.2 Å². The molecule has 1 heterocycles. The number of anilines is 2. The van der Waals surface area contributed by atoms with Gasteiger partial charge in [-0.1, -0.05) is 12.1 Å². The largest absolute Gasteiger partial charge is 0.478 e. The predicted octanol–water partition coefficient (Wildman–Crippen LogP) is 1.24. The number of hydrogen-bond acceptors (Lipinski definition) is 5. The molecule has 0 atom stereocenters. The van der Waals surface area contributed by atoms with Crippen LogP contribution in [0.4, 0.5) is 16.4 Å². The van der Waals surface area contributed by atoms with Crippen molar-refractivity contribution in [3.05, 3.63) is 42.2 Å². The van der Waals surface area contributed by atoms with E-state index < -0.39 is 12.0 Å². The first-order chi connectivity index (χ1) is 9.59. The van der Waals surface area contributed by atoms with Gasteiger partial charge >= 0.3 is 12.0 Å². The van der Waals surface area contributed by atoms with Gasteiger partial charge in [-0.05, 0) is 12.1 Å². The van der Waals surface area contributed by atoms with Gasteiger partial charge in [0.05, 0.1) is 23.6 Å². The number of carbonyl (C=O) groups excluding carboxylic acids is 1. The molecule has 1 aromatic heterocycles. The number of aromatic carboxylic acids is 1. The minimum atomic E-state index is -1.11. The second kappa shape index (κ2) is 5.74. The SMILES string of the molecule is CN(C(=O)Nc1nccnn1)c1ccccc1C(=O)O. The highest BCUT2D eigenvalue weighted by molar-refractivity contribution is 6.05. The molecule has 0 spiro atoms. The maximum atomic E-state index is 12.0. The van der Waals surface area contributed by atoms with Crippen molar-refractivity contribution in [3.63, 3.8) is 0 Å². The Hall–Kier alpha value is -3.03. The molecule has 20 heavy (non-hydrogen) atoms. The number of hydrogen-bond donors (Lipinski definition) is 2. The van der Waals surface area contributed by atoms with Crippen LogP contribution in [0.2, 0.25) is 0 Å². The van der Waals surface area contributed by atoms with Gasteiger partial charge in [-0.15, -0.1) is 5.10 Å². The van der Waals surface area contributed by atoms with Crippen LogP contribution >= 0.6 is 0 Å². The number of urea groups is 1. The molecule has 0 fully saturated rings. The van der Waals surface area contributed by atoms with Crippen LogP contribution in [-0.2, 0) is 0 Å². The molecule has 2 amide bonds. The first-order valence-corrected chi connectivity index (χ1v) is 5.60. The fourth-order valence-electron chi connectivity index (χ4n) is 1.54. The molecule has 2 rings (SSSR count). The van der Waals surface area contributed by atoms with Crippen molar-refractivity contribution < 1.29 is 14.7 Å². The standard InChI is InChI=1S/C12H11N5O3/c1-17(9-5-3-2-4-8(9)10(18)19)12(20)15-11-13-6-7-14-16-11/h2-7H,1H3,(H,18,19)(H,13,15,16,20). The number of nitrogens with zero attached hydrogens (tertiary/aromatic N) is 4. The lowest BCUT2D eigenvalue weighted by Gasteiger charge is -2.18. The van der Waals surface area contributed by atoms with Crippen molar-refractivity contribution in [2.45, 2.75) is 0 Å². The van der Waals surface area contributed by atoms with E-state index in [1.165, 1.54) is 36.5 Å². The predicted molar refractivity (Wildman–Crippen MR) is 70.7 cm³/mol. The van der Waals surface area contributed by atoms with Gasteiger partial charge in [0.2, 0.25) is 0 Å². The Balaban J connectivity index is 2.21. The van der Waals surface area contributed by atoms with Gasteiger partial charge in [0.25, 0.3) is 5.95 Å². The molecule has 8 nitrogen and oxygen atoms in total. The van der Waals surface area contributed by atoms with Gasteiger partial charge in [-0.2, -0.15) is 5.10 Å². The third kappa shape index (κ3) is 2.86. The lowest BCUT2D eigenvalue weighted by molar-refractivity contribution is 0.0697. The van der Waals surface area contributed by atoms with Crippen LogP contribution in [0.1, 0.15) is 10.4 Å². The number of amides is 2. The lowest BCUT2D eigenvalue weighted by Crippen LogP contribution is -2.33. The minimum absolute atomic E-state index is 0.0252. The van der Waals surface area contributed by atoms with Crippen LogP contribution in [0.5, 0.6) is 0 Å². The number of aromatic nitrogens is 3. The summed E-state index contributed by atoms with van der Waals surface area (Å²) in [5.41, 5.74) is 0.290. The highest BCUT2D eigenvalue weighted by Gasteiger charge is 2.18. The van der Waals surface area contributed by atoms with Crippen molar-refractivity contribution >= 4 is 23.6 Å². The van der Waals surface area contributed by atoms with Crippen molar-refractivity contribution in [2.75, 3.05) is 17.3 Å². The zero-order valence-corrected chi connectivity index (χ0v) is 10.5. The van der Waals surface area contributed by atoms with Gasteiger partial charge in [0, 0.05) is 7.05 Å². The van der Waals surface area contributed by atoms with Gasteiger partial charge in [-0.25, -0.2) is 14.6 Å². The molecular formula is C12H11N5O3. The second-order valence-electron chi connectivity index (χ2n) is 3.78. The van der Waals surface area contributed by atoms with E-state index in [4.69, 9.17) is 5.11 Å². The van der Waals surface area contributed by atoms with E-state index in [-0.39, 0.29) is 17.2 Å². The maximum absolute atomic E-state index is 12.0. The van der Waals surface area contributed by atoms with E-state index in [2.05, 4.69) is 20.5 Å². The smallest absolute Gasteiger partial charge is 0.337 e. The average molecular weight is 273 g/mol. The Morgan fingerprint density at radius 2 is 2.00 bits per heavy atom. The molecule has 0 bridgehead atoms. The quantitative estimate of drug-likeness (QED) is 0.870. The third-order valence-corrected chi connectivity index (χ3v) is 2.50. The molecule has 0 aliphatic heterocycles. The van der Waals surface area contributed by atoms with E-state index in [1.807, 2.05) is 0 Å². The Labute approximate surface area is 114 Å². The highest BCUT2D eigenvalue weighted by atomic mass is 16.4. The Bertz CT molecular complexity index is 632. The molecule has 0 unspecified atom stereocenters. The monoisotopic (exact) mass is 273 g/mol. The highest BCUT2D eigenvalue weighted by Crippen LogP contribution is 2.19. The number of carbonyl (C=O) groups is 2. The number of carboxylic acid groups (broad SMARTS) is 1. The summed E-state index contributed by atoms with van der Waals surface area (Å²) >= 11 is 0. The molecule has 1 aromatic carbocycles. The number of benzene rings is 1. The van der Waals surface area contributed by atoms with Gasteiger partial charge in [0.1, 0.15) is 0 Å². The first kappa shape index (κ1) is 13.4. The number of nitrogens with one attached hydrogen (secondary N) is 1. The van der Waals surface area contributed by atoms with Crippen LogP contribution < -0.4 is 10.2 Å². The van der Waals surface area contributed by atoms with E-state index in [0.717, 1.165) is 0 Å². The summed E-state index contributed by atoms with van der Waals surface area (Å²) in [6, 6.07) is 5.62. The number of carboxylic acids is 1. The zero-order chi connectivity index (χ0) is 14.5. The second-order valence-corrected chi connectivity index (χ2v) is 3.78. The molecule has 102 valence electrons. The molecule has 0 aliphatic rings. The summed E-state index contributed by atoms with van der Waals surface area (Å²) in [5.74, 6) is -1.07. The average Bonchev–Trinajstić information content (AvgIpc) is 2.47. The Morgan fingerprint density at radius 3 is 2.65 bits per heavy atom. The summed E-state index contributed by atoms with van der Waals surface area (Å²) in [6.07, 6.45) is 2.76. The molecule has 8 heteroatoms. The third-order valence-electron chi connectivity index (χ3n) is 2.50. The molecule has 0 radical (unpaired) electrons. The fraction of sp³-hybridized carbons (Fsp3) is 0.0833. The lowest BCUT2D eigenvalue weighted by atomic mass is 10.1.